The Kier molecular flexibility index (Phi) is 4.08. The molecule has 1 fully saturated rings. The van der Waals surface area contributed by atoms with Crippen molar-refractivity contribution in [1.82, 2.24) is 4.31 Å². The second kappa shape index (κ2) is 5.38. The van der Waals surface area contributed by atoms with Crippen LogP contribution in [0.2, 0.25) is 0 Å². The average Bonchev–Trinajstić information content (AvgIpc) is 3.19. The predicted octanol–water partition coefficient (Wildman–Crippen LogP) is 1.93. The lowest BCUT2D eigenvalue weighted by atomic mass is 10.2. The van der Waals surface area contributed by atoms with Gasteiger partial charge < -0.3 is 4.74 Å². The first-order valence-corrected chi connectivity index (χ1v) is 8.08. The molecule has 0 N–H and O–H groups in total. The quantitative estimate of drug-likeness (QED) is 0.779. The van der Waals surface area contributed by atoms with Crippen LogP contribution in [0.5, 0.6) is 0 Å². The highest BCUT2D eigenvalue weighted by Crippen LogP contribution is 2.46. The Bertz CT molecular complexity index is 635. The number of carbonyl (C=O) groups excluding carboxylic acids is 1. The highest BCUT2D eigenvalue weighted by Gasteiger charge is 2.60. The lowest BCUT2D eigenvalue weighted by Crippen LogP contribution is -2.51. The van der Waals surface area contributed by atoms with E-state index in [1.807, 2.05) is 0 Å². The van der Waals surface area contributed by atoms with Crippen molar-refractivity contribution in [3.8, 4) is 0 Å². The summed E-state index contributed by atoms with van der Waals surface area (Å²) in [6.45, 7) is 3.40. The fourth-order valence-corrected chi connectivity index (χ4v) is 4.52. The second-order valence-corrected chi connectivity index (χ2v) is 7.19. The zero-order chi connectivity index (χ0) is 15.8. The molecule has 0 spiro atoms. The summed E-state index contributed by atoms with van der Waals surface area (Å²) in [5.74, 6) is -1.07. The number of carbonyl (C=O) groups is 1. The molecule has 0 bridgehead atoms. The fourth-order valence-electron chi connectivity index (χ4n) is 2.54. The zero-order valence-electron chi connectivity index (χ0n) is 12.2. The van der Waals surface area contributed by atoms with Crippen LogP contribution < -0.4 is 0 Å². The summed E-state index contributed by atoms with van der Waals surface area (Å²) in [6.07, 6.45) is 0.858. The minimum absolute atomic E-state index is 0.0345. The molecule has 7 heteroatoms. The molecule has 21 heavy (non-hydrogen) atoms. The number of ether oxygens (including phenoxy) is 1. The summed E-state index contributed by atoms with van der Waals surface area (Å²) in [7, 11) is -2.66. The van der Waals surface area contributed by atoms with Crippen molar-refractivity contribution in [2.75, 3.05) is 7.11 Å². The molecule has 0 heterocycles. The molecule has 0 aliphatic heterocycles. The van der Waals surface area contributed by atoms with Crippen LogP contribution >= 0.6 is 0 Å². The third-order valence-corrected chi connectivity index (χ3v) is 5.71. The normalized spacial score (nSPS) is 17.0. The van der Waals surface area contributed by atoms with E-state index in [2.05, 4.69) is 0 Å². The molecule has 5 nitrogen and oxygen atoms in total. The molecule has 0 atom stereocenters. The third-order valence-electron chi connectivity index (χ3n) is 3.55. The van der Waals surface area contributed by atoms with Crippen LogP contribution in [0.3, 0.4) is 0 Å². The molecule has 1 aliphatic rings. The first-order chi connectivity index (χ1) is 9.75. The molecular weight excluding hydrogens is 297 g/mol. The van der Waals surface area contributed by atoms with Gasteiger partial charge in [0.1, 0.15) is 11.4 Å². The van der Waals surface area contributed by atoms with Crippen LogP contribution in [0, 0.1) is 5.82 Å². The van der Waals surface area contributed by atoms with Crippen molar-refractivity contribution in [2.45, 2.75) is 43.2 Å². The van der Waals surface area contributed by atoms with E-state index in [0.717, 1.165) is 12.1 Å². The molecule has 0 amide bonds. The van der Waals surface area contributed by atoms with Crippen molar-refractivity contribution in [3.63, 3.8) is 0 Å². The second-order valence-electron chi connectivity index (χ2n) is 5.37. The number of rotatable bonds is 5. The van der Waals surface area contributed by atoms with Gasteiger partial charge in [0.2, 0.25) is 10.0 Å². The van der Waals surface area contributed by atoms with Gasteiger partial charge in [-0.25, -0.2) is 12.8 Å². The van der Waals surface area contributed by atoms with Crippen LogP contribution in [0.1, 0.15) is 26.7 Å². The molecule has 1 aromatic carbocycles. The first-order valence-electron chi connectivity index (χ1n) is 6.64. The predicted molar refractivity (Wildman–Crippen MR) is 74.5 cm³/mol. The van der Waals surface area contributed by atoms with Gasteiger partial charge in [-0.3, -0.25) is 4.79 Å². The van der Waals surface area contributed by atoms with Gasteiger partial charge in [-0.1, -0.05) is 0 Å². The Hall–Kier alpha value is -1.47. The Balaban J connectivity index is 2.48. The van der Waals surface area contributed by atoms with Gasteiger partial charge in [-0.05, 0) is 51.0 Å². The maximum absolute atomic E-state index is 13.0. The summed E-state index contributed by atoms with van der Waals surface area (Å²) in [6, 6.07) is 4.16. The largest absolute Gasteiger partial charge is 0.468 e. The van der Waals surface area contributed by atoms with E-state index in [1.165, 1.54) is 23.5 Å². The van der Waals surface area contributed by atoms with Crippen LogP contribution in [0.25, 0.3) is 0 Å². The van der Waals surface area contributed by atoms with Crippen LogP contribution in [-0.2, 0) is 19.6 Å². The van der Waals surface area contributed by atoms with Gasteiger partial charge in [0, 0.05) is 6.04 Å². The molecule has 0 saturated heterocycles. The number of esters is 1. The van der Waals surface area contributed by atoms with Crippen molar-refractivity contribution in [2.24, 2.45) is 0 Å². The van der Waals surface area contributed by atoms with Gasteiger partial charge in [-0.2, -0.15) is 4.31 Å². The summed E-state index contributed by atoms with van der Waals surface area (Å²) < 4.78 is 44.5. The Morgan fingerprint density at radius 2 is 1.81 bits per heavy atom. The van der Waals surface area contributed by atoms with Crippen molar-refractivity contribution in [1.29, 1.82) is 0 Å². The number of hydrogen-bond donors (Lipinski definition) is 0. The molecule has 0 radical (unpaired) electrons. The van der Waals surface area contributed by atoms with E-state index in [1.54, 1.807) is 13.8 Å². The number of benzene rings is 1. The maximum Gasteiger partial charge on any atom is 0.327 e. The number of sulfonamides is 1. The SMILES string of the molecule is COC(=O)C1(N(C(C)C)S(=O)(=O)c2ccc(F)cc2)CC1. The summed E-state index contributed by atoms with van der Waals surface area (Å²) >= 11 is 0. The zero-order valence-corrected chi connectivity index (χ0v) is 13.0. The maximum atomic E-state index is 13.0. The summed E-state index contributed by atoms with van der Waals surface area (Å²) in [5, 5.41) is 0. The van der Waals surface area contributed by atoms with Crippen molar-refractivity contribution < 1.29 is 22.3 Å². The van der Waals surface area contributed by atoms with Crippen LogP contribution in [-0.4, -0.2) is 37.4 Å². The van der Waals surface area contributed by atoms with E-state index in [0.29, 0.717) is 12.8 Å². The molecule has 1 aliphatic carbocycles. The molecule has 0 unspecified atom stereocenters. The van der Waals surface area contributed by atoms with Crippen molar-refractivity contribution in [3.05, 3.63) is 30.1 Å². The number of nitrogens with zero attached hydrogens (tertiary/aromatic N) is 1. The van der Waals surface area contributed by atoms with E-state index >= 15 is 0 Å². The molecule has 0 aromatic heterocycles. The fraction of sp³-hybridized carbons (Fsp3) is 0.500. The first kappa shape index (κ1) is 15.9. The van der Waals surface area contributed by atoms with Crippen molar-refractivity contribution >= 4 is 16.0 Å². The molecule has 116 valence electrons. The Labute approximate surface area is 123 Å². The lowest BCUT2D eigenvalue weighted by Gasteiger charge is -2.32. The van der Waals surface area contributed by atoms with Gasteiger partial charge in [0.25, 0.3) is 0 Å². The Morgan fingerprint density at radius 1 is 1.29 bits per heavy atom. The monoisotopic (exact) mass is 315 g/mol. The third kappa shape index (κ3) is 2.67. The minimum atomic E-state index is -3.90. The van der Waals surface area contributed by atoms with E-state index in [-0.39, 0.29) is 4.90 Å². The summed E-state index contributed by atoms with van der Waals surface area (Å²) in [4.78, 5) is 12.0. The van der Waals surface area contributed by atoms with E-state index in [9.17, 15) is 17.6 Å². The minimum Gasteiger partial charge on any atom is -0.468 e. The van der Waals surface area contributed by atoms with E-state index in [4.69, 9.17) is 4.74 Å². The number of hydrogen-bond acceptors (Lipinski definition) is 4. The molecule has 1 saturated carbocycles. The van der Waals surface area contributed by atoms with Gasteiger partial charge in [-0.15, -0.1) is 0 Å². The highest BCUT2D eigenvalue weighted by molar-refractivity contribution is 7.89. The Morgan fingerprint density at radius 3 is 2.19 bits per heavy atom. The summed E-state index contributed by atoms with van der Waals surface area (Å²) in [5.41, 5.74) is -1.13. The number of halogens is 1. The average molecular weight is 315 g/mol. The van der Waals surface area contributed by atoms with Gasteiger partial charge >= 0.3 is 5.97 Å². The van der Waals surface area contributed by atoms with Gasteiger partial charge in [0.15, 0.2) is 0 Å². The standard InChI is InChI=1S/C14H18FNO4S/c1-10(2)16(14(8-9-14)13(17)20-3)21(18,19)12-6-4-11(15)5-7-12/h4-7,10H,8-9H2,1-3H3. The van der Waals surface area contributed by atoms with Crippen LogP contribution in [0.15, 0.2) is 29.2 Å². The molecular formula is C14H18FNO4S. The van der Waals surface area contributed by atoms with Crippen LogP contribution in [0.4, 0.5) is 4.39 Å². The van der Waals surface area contributed by atoms with Gasteiger partial charge in [0.05, 0.1) is 12.0 Å². The molecule has 1 aromatic rings. The molecule has 2 rings (SSSR count). The highest BCUT2D eigenvalue weighted by atomic mass is 32.2. The smallest absolute Gasteiger partial charge is 0.327 e. The van der Waals surface area contributed by atoms with E-state index < -0.39 is 33.4 Å². The lowest BCUT2D eigenvalue weighted by molar-refractivity contribution is -0.147. The topological polar surface area (TPSA) is 63.7 Å². The number of methoxy groups -OCH3 is 1.